The van der Waals surface area contributed by atoms with Gasteiger partial charge in [0.15, 0.2) is 0 Å². The van der Waals surface area contributed by atoms with Crippen LogP contribution in [0, 0.1) is 0 Å². The molecule has 0 heterocycles. The predicted molar refractivity (Wildman–Crippen MR) is 75.3 cm³/mol. The van der Waals surface area contributed by atoms with Crippen LogP contribution in [0.1, 0.15) is 24.8 Å². The summed E-state index contributed by atoms with van der Waals surface area (Å²) in [5, 5.41) is 31.3. The van der Waals surface area contributed by atoms with Crippen molar-refractivity contribution in [2.45, 2.75) is 31.7 Å². The van der Waals surface area contributed by atoms with Crippen LogP contribution in [-0.2, 0) is 6.42 Å². The maximum absolute atomic E-state index is 9.64. The van der Waals surface area contributed by atoms with Crippen LogP contribution in [0.2, 0.25) is 0 Å². The normalized spacial score (nSPS) is 12.5. The quantitative estimate of drug-likeness (QED) is 0.425. The minimum atomic E-state index is 0.0595. The lowest BCUT2D eigenvalue weighted by atomic mass is 10.1. The van der Waals surface area contributed by atoms with Gasteiger partial charge in [0, 0.05) is 12.1 Å². The highest BCUT2D eigenvalue weighted by atomic mass is 16.3. The van der Waals surface area contributed by atoms with Crippen molar-refractivity contribution in [3.8, 4) is 11.5 Å². The molecule has 0 aliphatic heterocycles. The molecule has 108 valence electrons. The molecule has 0 aliphatic rings. The van der Waals surface area contributed by atoms with Gasteiger partial charge in [0.1, 0.15) is 11.5 Å². The number of rotatable bonds is 9. The zero-order valence-electron chi connectivity index (χ0n) is 11.2. The Hall–Kier alpha value is -1.30. The van der Waals surface area contributed by atoms with Crippen molar-refractivity contribution >= 4 is 0 Å². The summed E-state index contributed by atoms with van der Waals surface area (Å²) in [5.74, 6) is 0.162. The van der Waals surface area contributed by atoms with Crippen LogP contribution in [0.25, 0.3) is 0 Å². The first kappa shape index (κ1) is 15.8. The van der Waals surface area contributed by atoms with Crippen molar-refractivity contribution in [2.24, 2.45) is 5.73 Å². The minimum absolute atomic E-state index is 0.0595. The van der Waals surface area contributed by atoms with Crippen molar-refractivity contribution in [3.05, 3.63) is 23.8 Å². The first-order valence-corrected chi connectivity index (χ1v) is 6.72. The lowest BCUT2D eigenvalue weighted by Crippen LogP contribution is -2.34. The fourth-order valence-electron chi connectivity index (χ4n) is 1.97. The number of phenols is 2. The summed E-state index contributed by atoms with van der Waals surface area (Å²) < 4.78 is 0. The predicted octanol–water partition coefficient (Wildman–Crippen LogP) is 0.720. The van der Waals surface area contributed by atoms with Gasteiger partial charge in [-0.1, -0.05) is 12.5 Å². The molecule has 0 saturated heterocycles. The third-order valence-electron chi connectivity index (χ3n) is 3.12. The fourth-order valence-corrected chi connectivity index (χ4v) is 1.97. The largest absolute Gasteiger partial charge is 0.508 e. The van der Waals surface area contributed by atoms with Crippen molar-refractivity contribution in [1.82, 2.24) is 5.32 Å². The van der Waals surface area contributed by atoms with Gasteiger partial charge < -0.3 is 26.4 Å². The summed E-state index contributed by atoms with van der Waals surface area (Å²) in [6.45, 7) is 1.46. The standard InChI is InChI=1S/C14H24N2O3/c15-7-2-1-3-12(10-17)16-8-6-11-4-5-13(18)9-14(11)19/h4-5,9,12,16-19H,1-3,6-8,10,15H2/t12-/m0/s1. The van der Waals surface area contributed by atoms with E-state index >= 15 is 0 Å². The number of hydrogen-bond donors (Lipinski definition) is 5. The van der Waals surface area contributed by atoms with Gasteiger partial charge in [-0.3, -0.25) is 0 Å². The van der Waals surface area contributed by atoms with Gasteiger partial charge in [0.25, 0.3) is 0 Å². The minimum Gasteiger partial charge on any atom is -0.508 e. The van der Waals surface area contributed by atoms with E-state index in [1.54, 1.807) is 12.1 Å². The van der Waals surface area contributed by atoms with Crippen molar-refractivity contribution in [2.75, 3.05) is 19.7 Å². The summed E-state index contributed by atoms with van der Waals surface area (Å²) in [5.41, 5.74) is 6.21. The molecule has 1 aromatic carbocycles. The summed E-state index contributed by atoms with van der Waals surface area (Å²) in [6.07, 6.45) is 3.52. The van der Waals surface area contributed by atoms with Crippen molar-refractivity contribution in [1.29, 1.82) is 0 Å². The number of nitrogens with two attached hydrogens (primary N) is 1. The first-order valence-electron chi connectivity index (χ1n) is 6.72. The van der Waals surface area contributed by atoms with Crippen LogP contribution in [0.15, 0.2) is 18.2 Å². The van der Waals surface area contributed by atoms with E-state index in [1.165, 1.54) is 6.07 Å². The molecule has 19 heavy (non-hydrogen) atoms. The SMILES string of the molecule is NCCCC[C@@H](CO)NCCc1ccc(O)cc1O. The van der Waals surface area contributed by atoms with Crippen LogP contribution in [0.3, 0.4) is 0 Å². The van der Waals surface area contributed by atoms with Gasteiger partial charge in [-0.15, -0.1) is 0 Å². The summed E-state index contributed by atoms with van der Waals surface area (Å²) in [7, 11) is 0. The number of hydrogen-bond acceptors (Lipinski definition) is 5. The highest BCUT2D eigenvalue weighted by molar-refractivity contribution is 5.39. The molecule has 5 nitrogen and oxygen atoms in total. The number of nitrogens with one attached hydrogen (secondary N) is 1. The Kier molecular flexibility index (Phi) is 7.25. The molecule has 0 aromatic heterocycles. The van der Waals surface area contributed by atoms with E-state index in [-0.39, 0.29) is 24.1 Å². The second kappa shape index (κ2) is 8.74. The topological polar surface area (TPSA) is 98.7 Å². The van der Waals surface area contributed by atoms with Crippen LogP contribution >= 0.6 is 0 Å². The lowest BCUT2D eigenvalue weighted by Gasteiger charge is -2.16. The maximum atomic E-state index is 9.64. The Balaban J connectivity index is 2.31. The van der Waals surface area contributed by atoms with Crippen LogP contribution < -0.4 is 11.1 Å². The fraction of sp³-hybridized carbons (Fsp3) is 0.571. The molecule has 0 bridgehead atoms. The van der Waals surface area contributed by atoms with E-state index in [4.69, 9.17) is 5.73 Å². The molecule has 0 aliphatic carbocycles. The molecule has 0 saturated carbocycles. The average molecular weight is 268 g/mol. The zero-order valence-corrected chi connectivity index (χ0v) is 11.2. The van der Waals surface area contributed by atoms with E-state index in [0.29, 0.717) is 19.5 Å². The molecule has 1 atom stereocenters. The highest BCUT2D eigenvalue weighted by Gasteiger charge is 2.07. The molecule has 0 fully saturated rings. The summed E-state index contributed by atoms with van der Waals surface area (Å²) in [4.78, 5) is 0. The van der Waals surface area contributed by atoms with E-state index in [2.05, 4.69) is 5.32 Å². The smallest absolute Gasteiger partial charge is 0.122 e. The van der Waals surface area contributed by atoms with E-state index < -0.39 is 0 Å². The molecule has 0 radical (unpaired) electrons. The summed E-state index contributed by atoms with van der Waals surface area (Å²) in [6, 6.07) is 4.67. The van der Waals surface area contributed by atoms with Gasteiger partial charge in [-0.25, -0.2) is 0 Å². The monoisotopic (exact) mass is 268 g/mol. The van der Waals surface area contributed by atoms with Gasteiger partial charge in [-0.05, 0) is 44.0 Å². The summed E-state index contributed by atoms with van der Waals surface area (Å²) >= 11 is 0. The Labute approximate surface area is 114 Å². The van der Waals surface area contributed by atoms with E-state index in [0.717, 1.165) is 24.8 Å². The van der Waals surface area contributed by atoms with Crippen molar-refractivity contribution in [3.63, 3.8) is 0 Å². The molecule has 5 heteroatoms. The Morgan fingerprint density at radius 2 is 2.00 bits per heavy atom. The molecule has 0 unspecified atom stereocenters. The number of unbranched alkanes of at least 4 members (excludes halogenated alkanes) is 1. The molecule has 1 rings (SSSR count). The van der Waals surface area contributed by atoms with Gasteiger partial charge >= 0.3 is 0 Å². The number of aromatic hydroxyl groups is 2. The molecule has 0 amide bonds. The number of aliphatic hydroxyl groups excluding tert-OH is 1. The third-order valence-corrected chi connectivity index (χ3v) is 3.12. The first-order chi connectivity index (χ1) is 9.17. The highest BCUT2D eigenvalue weighted by Crippen LogP contribution is 2.22. The second-order valence-electron chi connectivity index (χ2n) is 4.68. The van der Waals surface area contributed by atoms with Crippen LogP contribution in [0.5, 0.6) is 11.5 Å². The lowest BCUT2D eigenvalue weighted by molar-refractivity contribution is 0.234. The molecule has 6 N–H and O–H groups in total. The molecular weight excluding hydrogens is 244 g/mol. The van der Waals surface area contributed by atoms with Gasteiger partial charge in [0.05, 0.1) is 6.61 Å². The Morgan fingerprint density at radius 1 is 1.21 bits per heavy atom. The molecule has 1 aromatic rings. The Morgan fingerprint density at radius 3 is 2.63 bits per heavy atom. The van der Waals surface area contributed by atoms with E-state index in [1.807, 2.05) is 0 Å². The van der Waals surface area contributed by atoms with Gasteiger partial charge in [-0.2, -0.15) is 0 Å². The van der Waals surface area contributed by atoms with Gasteiger partial charge in [0.2, 0.25) is 0 Å². The molecular formula is C14H24N2O3. The van der Waals surface area contributed by atoms with E-state index in [9.17, 15) is 15.3 Å². The number of benzene rings is 1. The average Bonchev–Trinajstić information content (AvgIpc) is 2.39. The van der Waals surface area contributed by atoms with Crippen LogP contribution in [-0.4, -0.2) is 41.1 Å². The second-order valence-corrected chi connectivity index (χ2v) is 4.68. The molecule has 0 spiro atoms. The maximum Gasteiger partial charge on any atom is 0.122 e. The Bertz CT molecular complexity index is 372. The van der Waals surface area contributed by atoms with Crippen LogP contribution in [0.4, 0.5) is 0 Å². The third kappa shape index (κ3) is 5.92. The number of aliphatic hydroxyl groups is 1. The van der Waals surface area contributed by atoms with Crippen molar-refractivity contribution < 1.29 is 15.3 Å². The number of phenolic OH excluding ortho intramolecular Hbond substituents is 2. The zero-order chi connectivity index (χ0) is 14.1.